The van der Waals surface area contributed by atoms with E-state index >= 15 is 8.78 Å². The zero-order valence-electron chi connectivity index (χ0n) is 24.8. The Bertz CT molecular complexity index is 1690. The maximum Gasteiger partial charge on any atom is 0.229 e. The lowest BCUT2D eigenvalue weighted by molar-refractivity contribution is 0.204. The van der Waals surface area contributed by atoms with Crippen molar-refractivity contribution in [1.29, 1.82) is 0 Å². The molecule has 1 N–H and O–H groups in total. The minimum absolute atomic E-state index is 0.0558. The molecule has 4 aromatic rings. The summed E-state index contributed by atoms with van der Waals surface area (Å²) < 4.78 is 30.3. The molecule has 0 unspecified atom stereocenters. The fourth-order valence-electron chi connectivity index (χ4n) is 7.17. The maximum absolute atomic E-state index is 15.3. The summed E-state index contributed by atoms with van der Waals surface area (Å²) in [5.74, 6) is 0.713. The van der Waals surface area contributed by atoms with Gasteiger partial charge in [0.25, 0.3) is 0 Å². The van der Waals surface area contributed by atoms with Crippen LogP contribution in [0.25, 0.3) is 11.3 Å². The molecule has 0 amide bonds. The van der Waals surface area contributed by atoms with E-state index in [4.69, 9.17) is 11.6 Å². The van der Waals surface area contributed by atoms with Crippen molar-refractivity contribution in [2.45, 2.75) is 69.2 Å². The van der Waals surface area contributed by atoms with Crippen molar-refractivity contribution in [3.63, 3.8) is 0 Å². The van der Waals surface area contributed by atoms with Gasteiger partial charge in [-0.3, -0.25) is 9.89 Å². The number of likely N-dealkylation sites (tertiary alicyclic amines) is 1. The number of hydrogen-bond acceptors (Lipinski definition) is 6. The highest BCUT2D eigenvalue weighted by molar-refractivity contribution is 6.17. The number of benzene rings is 2. The molecule has 4 heterocycles. The van der Waals surface area contributed by atoms with E-state index in [0.717, 1.165) is 81.2 Å². The second kappa shape index (κ2) is 12.0. The van der Waals surface area contributed by atoms with E-state index in [1.165, 1.54) is 17.2 Å². The van der Waals surface area contributed by atoms with E-state index in [2.05, 4.69) is 60.5 Å². The van der Waals surface area contributed by atoms with Gasteiger partial charge in [0.1, 0.15) is 23.0 Å². The summed E-state index contributed by atoms with van der Waals surface area (Å²) in [6.45, 7) is 4.99. The van der Waals surface area contributed by atoms with Crippen LogP contribution in [0.15, 0.2) is 65.9 Å². The summed E-state index contributed by atoms with van der Waals surface area (Å²) in [5.41, 5.74) is 6.02. The Hall–Kier alpha value is -3.75. The number of aromatic nitrogens is 3. The average Bonchev–Trinajstić information content (AvgIpc) is 3.65. The van der Waals surface area contributed by atoms with Crippen molar-refractivity contribution in [2.75, 3.05) is 18.4 Å². The Labute approximate surface area is 261 Å². The number of piperidine rings is 1. The first kappa shape index (κ1) is 29.0. The van der Waals surface area contributed by atoms with E-state index in [-0.39, 0.29) is 17.1 Å². The van der Waals surface area contributed by atoms with E-state index in [0.29, 0.717) is 28.9 Å². The van der Waals surface area contributed by atoms with Gasteiger partial charge in [0.15, 0.2) is 5.82 Å². The van der Waals surface area contributed by atoms with Gasteiger partial charge in [-0.05, 0) is 92.1 Å². The molecular formula is C35H35ClF2N6. The fraction of sp³-hybridized carbons (Fsp3) is 0.371. The van der Waals surface area contributed by atoms with Gasteiger partial charge < -0.3 is 5.32 Å². The van der Waals surface area contributed by atoms with Crippen LogP contribution in [0, 0.1) is 11.6 Å². The Kier molecular flexibility index (Phi) is 7.89. The highest BCUT2D eigenvalue weighted by Crippen LogP contribution is 2.52. The van der Waals surface area contributed by atoms with Crippen molar-refractivity contribution in [1.82, 2.24) is 19.9 Å². The lowest BCUT2D eigenvalue weighted by atomic mass is 9.76. The number of aliphatic imine (C=N–C) groups is 1. The van der Waals surface area contributed by atoms with Crippen LogP contribution < -0.4 is 5.32 Å². The number of alkyl halides is 1. The van der Waals surface area contributed by atoms with Crippen LogP contribution in [-0.4, -0.2) is 38.7 Å². The summed E-state index contributed by atoms with van der Waals surface area (Å²) in [5, 5.41) is 3.10. The Morgan fingerprint density at radius 2 is 1.68 bits per heavy atom. The second-order valence-corrected chi connectivity index (χ2v) is 12.6. The molecule has 1 aliphatic carbocycles. The zero-order chi connectivity index (χ0) is 30.3. The number of nitrogens with one attached hydrogen (secondary N) is 1. The lowest BCUT2D eigenvalue weighted by Crippen LogP contribution is -2.32. The van der Waals surface area contributed by atoms with Gasteiger partial charge in [0.2, 0.25) is 5.95 Å². The predicted molar refractivity (Wildman–Crippen MR) is 171 cm³/mol. The Balaban J connectivity index is 1.02. The number of hydrogen-bond donors (Lipinski definition) is 1. The van der Waals surface area contributed by atoms with Gasteiger partial charge in [0, 0.05) is 35.3 Å². The smallest absolute Gasteiger partial charge is 0.229 e. The average molecular weight is 613 g/mol. The number of anilines is 2. The topological polar surface area (TPSA) is 66.3 Å². The molecule has 44 heavy (non-hydrogen) atoms. The van der Waals surface area contributed by atoms with Crippen LogP contribution in [0.5, 0.6) is 0 Å². The number of fused-ring (bicyclic) bond motifs is 2. The van der Waals surface area contributed by atoms with E-state index in [9.17, 15) is 0 Å². The molecule has 1 spiro atoms. The minimum Gasteiger partial charge on any atom is -0.309 e. The molecular weight excluding hydrogens is 578 g/mol. The first-order valence-corrected chi connectivity index (χ1v) is 16.0. The molecule has 2 aliphatic heterocycles. The molecule has 0 bridgehead atoms. The Morgan fingerprint density at radius 3 is 2.39 bits per heavy atom. The summed E-state index contributed by atoms with van der Waals surface area (Å²) in [4.78, 5) is 20.3. The third-order valence-corrected chi connectivity index (χ3v) is 10.0. The van der Waals surface area contributed by atoms with Gasteiger partial charge >= 0.3 is 0 Å². The van der Waals surface area contributed by atoms with Gasteiger partial charge in [-0.1, -0.05) is 43.2 Å². The molecule has 0 atom stereocenters. The van der Waals surface area contributed by atoms with Crippen molar-refractivity contribution >= 4 is 34.8 Å². The third-order valence-electron chi connectivity index (χ3n) is 9.69. The quantitative estimate of drug-likeness (QED) is 0.212. The largest absolute Gasteiger partial charge is 0.309 e. The molecule has 226 valence electrons. The molecule has 7 rings (SSSR count). The van der Waals surface area contributed by atoms with Crippen LogP contribution in [-0.2, 0) is 17.8 Å². The molecule has 0 radical (unpaired) electrons. The van der Waals surface area contributed by atoms with Crippen molar-refractivity contribution < 1.29 is 8.78 Å². The second-order valence-electron chi connectivity index (χ2n) is 12.3. The van der Waals surface area contributed by atoms with Crippen LogP contribution in [0.3, 0.4) is 0 Å². The highest BCUT2D eigenvalue weighted by atomic mass is 35.5. The molecule has 3 aliphatic rings. The standard InChI is InChI=1S/C35H35ClF2N6/c1-22-35(12-2-3-13-35)28-16-27(17-29(37)33(28)41-22)32-30(38)20-40-34(43-32)42-31-9-8-26(19-39-31)25-10-14-44(15-11-25)21-24-6-4-23(18-36)5-7-24/h4-9,16-17,19-20,25H,2-3,10-15,18,21H2,1H3,(H,39,40,42,43). The lowest BCUT2D eigenvalue weighted by Gasteiger charge is -2.32. The minimum atomic E-state index is -0.604. The van der Waals surface area contributed by atoms with Crippen molar-refractivity contribution in [3.8, 4) is 11.3 Å². The third kappa shape index (κ3) is 5.50. The number of nitrogens with zero attached hydrogens (tertiary/aromatic N) is 5. The molecule has 2 aromatic carbocycles. The Morgan fingerprint density at radius 1 is 0.932 bits per heavy atom. The summed E-state index contributed by atoms with van der Waals surface area (Å²) >= 11 is 5.92. The van der Waals surface area contributed by atoms with E-state index in [1.807, 2.05) is 25.3 Å². The summed E-state index contributed by atoms with van der Waals surface area (Å²) in [6, 6.07) is 15.7. The number of pyridine rings is 1. The van der Waals surface area contributed by atoms with E-state index < -0.39 is 11.6 Å². The number of halogens is 3. The first-order chi connectivity index (χ1) is 21.4. The highest BCUT2D eigenvalue weighted by Gasteiger charge is 2.44. The zero-order valence-corrected chi connectivity index (χ0v) is 25.5. The van der Waals surface area contributed by atoms with Crippen molar-refractivity contribution in [3.05, 3.63) is 94.8 Å². The predicted octanol–water partition coefficient (Wildman–Crippen LogP) is 8.60. The van der Waals surface area contributed by atoms with Crippen LogP contribution in [0.4, 0.5) is 26.2 Å². The number of rotatable bonds is 7. The monoisotopic (exact) mass is 612 g/mol. The fourth-order valence-corrected chi connectivity index (χ4v) is 7.35. The first-order valence-electron chi connectivity index (χ1n) is 15.4. The van der Waals surface area contributed by atoms with Gasteiger partial charge in [-0.2, -0.15) is 0 Å². The van der Waals surface area contributed by atoms with E-state index in [1.54, 1.807) is 0 Å². The molecule has 1 saturated carbocycles. The maximum atomic E-state index is 15.3. The van der Waals surface area contributed by atoms with Gasteiger partial charge in [-0.25, -0.2) is 23.7 Å². The normalized spacial score (nSPS) is 18.0. The SMILES string of the molecule is CC1=Nc2c(F)cc(-c3nc(Nc4ccc(C5CCN(Cc6ccc(CCl)cc6)CC5)cn4)ncc3F)cc2C12CCCC2. The summed E-state index contributed by atoms with van der Waals surface area (Å²) in [7, 11) is 0. The molecule has 6 nitrogen and oxygen atoms in total. The van der Waals surface area contributed by atoms with Gasteiger partial charge in [0.05, 0.1) is 6.20 Å². The van der Waals surface area contributed by atoms with Crippen molar-refractivity contribution in [2.24, 2.45) is 4.99 Å². The van der Waals surface area contributed by atoms with Gasteiger partial charge in [-0.15, -0.1) is 11.6 Å². The molecule has 9 heteroatoms. The van der Waals surface area contributed by atoms with Crippen LogP contribution >= 0.6 is 11.6 Å². The molecule has 1 saturated heterocycles. The molecule has 2 fully saturated rings. The molecule has 2 aromatic heterocycles. The van der Waals surface area contributed by atoms with Crippen LogP contribution in [0.2, 0.25) is 0 Å². The van der Waals surface area contributed by atoms with Crippen LogP contribution in [0.1, 0.15) is 73.6 Å². The summed E-state index contributed by atoms with van der Waals surface area (Å²) in [6.07, 6.45) is 9.18.